The van der Waals surface area contributed by atoms with Crippen LogP contribution in [0.5, 0.6) is 5.75 Å². The highest BCUT2D eigenvalue weighted by Crippen LogP contribution is 2.33. The van der Waals surface area contributed by atoms with Gasteiger partial charge in [-0.2, -0.15) is 4.98 Å². The molecule has 0 radical (unpaired) electrons. The van der Waals surface area contributed by atoms with E-state index in [2.05, 4.69) is 33.8 Å². The number of fused-ring (bicyclic) bond motifs is 1. The Bertz CT molecular complexity index is 1570. The lowest BCUT2D eigenvalue weighted by Crippen LogP contribution is -2.29. The summed E-state index contributed by atoms with van der Waals surface area (Å²) in [6.45, 7) is 0. The molecular formula is C30H30N6O2S. The Morgan fingerprint density at radius 3 is 2.59 bits per heavy atom. The van der Waals surface area contributed by atoms with Crippen LogP contribution in [0.4, 0.5) is 16.9 Å². The molecule has 9 heteroatoms. The number of hydrogen-bond donors (Lipinski definition) is 3. The molecule has 1 aliphatic rings. The van der Waals surface area contributed by atoms with Gasteiger partial charge in [0.05, 0.1) is 35.3 Å². The highest BCUT2D eigenvalue weighted by Gasteiger charge is 2.20. The molecule has 0 unspecified atom stereocenters. The van der Waals surface area contributed by atoms with Crippen molar-refractivity contribution in [3.05, 3.63) is 84.3 Å². The van der Waals surface area contributed by atoms with E-state index >= 15 is 0 Å². The van der Waals surface area contributed by atoms with Crippen molar-refractivity contribution in [2.45, 2.75) is 44.2 Å². The minimum absolute atomic E-state index is 0.203. The highest BCUT2D eigenvalue weighted by atomic mass is 32.1. The first-order valence-corrected chi connectivity index (χ1v) is 14.0. The van der Waals surface area contributed by atoms with E-state index in [1.807, 2.05) is 48.7 Å². The molecule has 8 nitrogen and oxygen atoms in total. The van der Waals surface area contributed by atoms with E-state index in [1.54, 1.807) is 24.6 Å². The summed E-state index contributed by atoms with van der Waals surface area (Å²) in [7, 11) is 1.64. The van der Waals surface area contributed by atoms with Crippen molar-refractivity contribution < 1.29 is 9.84 Å². The van der Waals surface area contributed by atoms with Crippen LogP contribution < -0.4 is 15.4 Å². The van der Waals surface area contributed by atoms with Gasteiger partial charge in [-0.25, -0.2) is 9.97 Å². The summed E-state index contributed by atoms with van der Waals surface area (Å²) in [6.07, 6.45) is 7.43. The van der Waals surface area contributed by atoms with Crippen LogP contribution in [0.3, 0.4) is 0 Å². The van der Waals surface area contributed by atoms with Crippen LogP contribution in [0.25, 0.3) is 21.3 Å². The average molecular weight is 539 g/mol. The first-order valence-electron chi connectivity index (χ1n) is 13.1. The van der Waals surface area contributed by atoms with Crippen LogP contribution in [-0.4, -0.2) is 44.3 Å². The molecule has 0 aliphatic heterocycles. The number of aliphatic hydroxyl groups excluding tert-OH is 1. The van der Waals surface area contributed by atoms with Crippen LogP contribution in [0.15, 0.2) is 73.1 Å². The maximum atomic E-state index is 9.89. The van der Waals surface area contributed by atoms with E-state index in [1.165, 1.54) is 5.56 Å². The maximum absolute atomic E-state index is 9.89. The van der Waals surface area contributed by atoms with Crippen molar-refractivity contribution in [3.63, 3.8) is 0 Å². The SMILES string of the molecule is COc1cncc(-c2ccc3nc(Nc4cc(Cc5ccccc5)nc(NC5CCC(O)CC5)n4)sc3c2)c1. The fraction of sp³-hybridized carbons (Fsp3) is 0.267. The summed E-state index contributed by atoms with van der Waals surface area (Å²) >= 11 is 1.58. The lowest BCUT2D eigenvalue weighted by atomic mass is 9.93. The second kappa shape index (κ2) is 11.3. The van der Waals surface area contributed by atoms with Gasteiger partial charge in [0.1, 0.15) is 11.6 Å². The van der Waals surface area contributed by atoms with Crippen molar-refractivity contribution in [3.8, 4) is 16.9 Å². The molecule has 2 aromatic carbocycles. The molecule has 0 saturated heterocycles. The maximum Gasteiger partial charge on any atom is 0.225 e. The largest absolute Gasteiger partial charge is 0.495 e. The Hall–Kier alpha value is -4.08. The third-order valence-electron chi connectivity index (χ3n) is 6.94. The number of nitrogens with zero attached hydrogens (tertiary/aromatic N) is 4. The predicted octanol–water partition coefficient (Wildman–Crippen LogP) is 6.21. The van der Waals surface area contributed by atoms with Gasteiger partial charge in [-0.1, -0.05) is 47.7 Å². The first kappa shape index (κ1) is 25.2. The minimum atomic E-state index is -0.203. The fourth-order valence-corrected chi connectivity index (χ4v) is 5.79. The molecule has 39 heavy (non-hydrogen) atoms. The van der Waals surface area contributed by atoms with E-state index in [0.29, 0.717) is 18.2 Å². The summed E-state index contributed by atoms with van der Waals surface area (Å²) in [5, 5.41) is 17.6. The number of rotatable bonds is 8. The Balaban J connectivity index is 1.27. The summed E-state index contributed by atoms with van der Waals surface area (Å²) in [5.74, 6) is 2.02. The molecule has 0 atom stereocenters. The molecule has 198 valence electrons. The number of anilines is 3. The quantitative estimate of drug-likeness (QED) is 0.214. The molecule has 0 bridgehead atoms. The zero-order valence-corrected chi connectivity index (χ0v) is 22.5. The van der Waals surface area contributed by atoms with Crippen molar-refractivity contribution in [2.75, 3.05) is 17.7 Å². The van der Waals surface area contributed by atoms with Crippen molar-refractivity contribution in [2.24, 2.45) is 0 Å². The minimum Gasteiger partial charge on any atom is -0.495 e. The Kier molecular flexibility index (Phi) is 7.33. The van der Waals surface area contributed by atoms with Gasteiger partial charge in [0.25, 0.3) is 0 Å². The van der Waals surface area contributed by atoms with E-state index in [4.69, 9.17) is 19.7 Å². The number of pyridine rings is 1. The molecule has 3 N–H and O–H groups in total. The third-order valence-corrected chi connectivity index (χ3v) is 7.88. The molecule has 1 saturated carbocycles. The molecular weight excluding hydrogens is 508 g/mol. The fourth-order valence-electron chi connectivity index (χ4n) is 4.88. The average Bonchev–Trinajstić information content (AvgIpc) is 3.36. The van der Waals surface area contributed by atoms with Crippen LogP contribution in [0, 0.1) is 0 Å². The third kappa shape index (κ3) is 6.16. The van der Waals surface area contributed by atoms with E-state index < -0.39 is 0 Å². The van der Waals surface area contributed by atoms with Gasteiger partial charge in [-0.15, -0.1) is 0 Å². The number of aliphatic hydroxyl groups is 1. The van der Waals surface area contributed by atoms with E-state index in [-0.39, 0.29) is 12.1 Å². The normalized spacial score (nSPS) is 17.2. The number of methoxy groups -OCH3 is 1. The summed E-state index contributed by atoms with van der Waals surface area (Å²) in [6, 6.07) is 20.7. The van der Waals surface area contributed by atoms with Crippen molar-refractivity contribution in [1.29, 1.82) is 0 Å². The van der Waals surface area contributed by atoms with Gasteiger partial charge < -0.3 is 20.5 Å². The smallest absolute Gasteiger partial charge is 0.225 e. The number of thiazole rings is 1. The second-order valence-electron chi connectivity index (χ2n) is 9.82. The number of nitrogens with one attached hydrogen (secondary N) is 2. The van der Waals surface area contributed by atoms with Crippen LogP contribution in [0.2, 0.25) is 0 Å². The molecule has 0 spiro atoms. The lowest BCUT2D eigenvalue weighted by molar-refractivity contribution is 0.126. The van der Waals surface area contributed by atoms with E-state index in [0.717, 1.165) is 63.6 Å². The molecule has 0 amide bonds. The molecule has 3 heterocycles. The van der Waals surface area contributed by atoms with Gasteiger partial charge in [0.2, 0.25) is 5.95 Å². The molecule has 3 aromatic heterocycles. The number of ether oxygens (including phenoxy) is 1. The standard InChI is InChI=1S/C30H30N6O2S/c1-38-25-14-21(17-31-18-25)20-7-12-26-27(15-20)39-30(34-26)36-28-16-23(13-19-5-3-2-4-6-19)33-29(35-28)32-22-8-10-24(37)11-9-22/h2-7,12,14-18,22,24,37H,8-11,13H2,1H3,(H2,32,33,34,35,36). The molecule has 1 fully saturated rings. The van der Waals surface area contributed by atoms with E-state index in [9.17, 15) is 5.11 Å². The number of hydrogen-bond acceptors (Lipinski definition) is 9. The molecule has 1 aliphatic carbocycles. The van der Waals surface area contributed by atoms with Crippen LogP contribution >= 0.6 is 11.3 Å². The first-order chi connectivity index (χ1) is 19.1. The van der Waals surface area contributed by atoms with Gasteiger partial charge in [-0.05, 0) is 55.0 Å². The topological polar surface area (TPSA) is 105 Å². The van der Waals surface area contributed by atoms with Gasteiger partial charge in [0, 0.05) is 30.3 Å². The zero-order valence-electron chi connectivity index (χ0n) is 21.7. The van der Waals surface area contributed by atoms with Gasteiger partial charge in [-0.3, -0.25) is 4.98 Å². The second-order valence-corrected chi connectivity index (χ2v) is 10.9. The van der Waals surface area contributed by atoms with Crippen molar-refractivity contribution in [1.82, 2.24) is 19.9 Å². The highest BCUT2D eigenvalue weighted by molar-refractivity contribution is 7.22. The lowest BCUT2D eigenvalue weighted by Gasteiger charge is -2.26. The number of benzene rings is 2. The Morgan fingerprint density at radius 2 is 1.77 bits per heavy atom. The van der Waals surface area contributed by atoms with Gasteiger partial charge >= 0.3 is 0 Å². The van der Waals surface area contributed by atoms with Crippen LogP contribution in [0.1, 0.15) is 36.9 Å². The summed E-state index contributed by atoms with van der Waals surface area (Å²) < 4.78 is 6.40. The molecule has 5 aromatic rings. The van der Waals surface area contributed by atoms with Crippen molar-refractivity contribution >= 4 is 38.5 Å². The Labute approximate surface area is 231 Å². The summed E-state index contributed by atoms with van der Waals surface area (Å²) in [4.78, 5) is 18.7. The Morgan fingerprint density at radius 1 is 0.923 bits per heavy atom. The molecule has 6 rings (SSSR count). The monoisotopic (exact) mass is 538 g/mol. The number of aromatic nitrogens is 4. The predicted molar refractivity (Wildman–Crippen MR) is 156 cm³/mol. The summed E-state index contributed by atoms with van der Waals surface area (Å²) in [5.41, 5.74) is 5.08. The van der Waals surface area contributed by atoms with Crippen LogP contribution in [-0.2, 0) is 6.42 Å². The van der Waals surface area contributed by atoms with Gasteiger partial charge in [0.15, 0.2) is 5.13 Å². The zero-order chi connectivity index (χ0) is 26.6.